The van der Waals surface area contributed by atoms with E-state index < -0.39 is 25.0 Å². The van der Waals surface area contributed by atoms with E-state index in [1.807, 2.05) is 32.0 Å². The molecule has 1 aromatic rings. The van der Waals surface area contributed by atoms with Gasteiger partial charge in [-0.2, -0.15) is 0 Å². The summed E-state index contributed by atoms with van der Waals surface area (Å²) in [6.07, 6.45) is 1.40. The van der Waals surface area contributed by atoms with E-state index in [9.17, 15) is 19.6 Å². The number of hydrogen-bond acceptors (Lipinski definition) is 4. The van der Waals surface area contributed by atoms with Crippen molar-refractivity contribution in [1.29, 1.82) is 0 Å². The number of benzene rings is 1. The Morgan fingerprint density at radius 1 is 1.38 bits per heavy atom. The van der Waals surface area contributed by atoms with Crippen LogP contribution in [-0.2, 0) is 16.0 Å². The molecule has 0 saturated carbocycles. The van der Waals surface area contributed by atoms with Gasteiger partial charge in [0.25, 0.3) is 0 Å². The van der Waals surface area contributed by atoms with E-state index >= 15 is 0 Å². The van der Waals surface area contributed by atoms with Crippen LogP contribution < -0.4 is 5.32 Å². The standard InChI is InChI=1S/C17H25BN2O4/c1-6-16(21)20(5)13(4)17(22)19-15(18(23)24)10-14-8-7-11(2)9-12(14)3/h6-9,13,15,23-24H,1,10H2,2-5H3,(H,19,22)/t13-,15-/m0/s1. The van der Waals surface area contributed by atoms with Gasteiger partial charge in [-0.25, -0.2) is 0 Å². The predicted molar refractivity (Wildman–Crippen MR) is 94.2 cm³/mol. The number of carbonyl (C=O) groups is 2. The minimum atomic E-state index is -1.71. The van der Waals surface area contributed by atoms with Crippen LogP contribution in [0.2, 0.25) is 0 Å². The second-order valence-corrected chi connectivity index (χ2v) is 5.99. The van der Waals surface area contributed by atoms with E-state index in [-0.39, 0.29) is 12.3 Å². The van der Waals surface area contributed by atoms with Gasteiger partial charge in [-0.15, -0.1) is 0 Å². The molecule has 0 fully saturated rings. The van der Waals surface area contributed by atoms with Gasteiger partial charge in [0.2, 0.25) is 11.8 Å². The Kier molecular flexibility index (Phi) is 7.19. The summed E-state index contributed by atoms with van der Waals surface area (Å²) in [5.74, 6) is -1.71. The van der Waals surface area contributed by atoms with Crippen LogP contribution in [0.4, 0.5) is 0 Å². The highest BCUT2D eigenvalue weighted by molar-refractivity contribution is 6.43. The fourth-order valence-corrected chi connectivity index (χ4v) is 2.36. The molecular weight excluding hydrogens is 307 g/mol. The van der Waals surface area contributed by atoms with Crippen LogP contribution in [0, 0.1) is 13.8 Å². The summed E-state index contributed by atoms with van der Waals surface area (Å²) in [4.78, 5) is 25.1. The van der Waals surface area contributed by atoms with Gasteiger partial charge in [0.05, 0.1) is 5.94 Å². The first kappa shape index (κ1) is 19.9. The summed E-state index contributed by atoms with van der Waals surface area (Å²) in [5.41, 5.74) is 3.05. The smallest absolute Gasteiger partial charge is 0.426 e. The number of amides is 2. The fourth-order valence-electron chi connectivity index (χ4n) is 2.36. The summed E-state index contributed by atoms with van der Waals surface area (Å²) in [6, 6.07) is 5.08. The average molecular weight is 332 g/mol. The third-order valence-corrected chi connectivity index (χ3v) is 4.11. The molecule has 0 aliphatic rings. The number of nitrogens with zero attached hydrogens (tertiary/aromatic N) is 1. The van der Waals surface area contributed by atoms with E-state index in [1.165, 1.54) is 11.9 Å². The van der Waals surface area contributed by atoms with Gasteiger partial charge >= 0.3 is 7.12 Å². The molecule has 2 amide bonds. The Labute approximate surface area is 143 Å². The molecule has 1 aromatic carbocycles. The Morgan fingerprint density at radius 3 is 2.50 bits per heavy atom. The summed E-state index contributed by atoms with van der Waals surface area (Å²) in [7, 11) is -0.217. The molecular formula is C17H25BN2O4. The first-order valence-electron chi connectivity index (χ1n) is 7.79. The SMILES string of the molecule is C=CC(=O)N(C)[C@@H](C)C(=O)N[C@@H](Cc1ccc(C)cc1C)B(O)O. The largest absolute Gasteiger partial charge is 0.475 e. The normalized spacial score (nSPS) is 12.9. The number of nitrogens with one attached hydrogen (secondary N) is 1. The summed E-state index contributed by atoms with van der Waals surface area (Å²) >= 11 is 0. The zero-order valence-corrected chi connectivity index (χ0v) is 14.6. The lowest BCUT2D eigenvalue weighted by Crippen LogP contribution is -2.54. The predicted octanol–water partition coefficient (Wildman–Crippen LogP) is 0.376. The van der Waals surface area contributed by atoms with Gasteiger partial charge in [-0.3, -0.25) is 9.59 Å². The van der Waals surface area contributed by atoms with Crippen molar-refractivity contribution < 1.29 is 19.6 Å². The maximum atomic E-state index is 12.3. The second-order valence-electron chi connectivity index (χ2n) is 5.99. The van der Waals surface area contributed by atoms with Gasteiger partial charge < -0.3 is 20.3 Å². The van der Waals surface area contributed by atoms with Gasteiger partial charge in [-0.05, 0) is 44.4 Å². The van der Waals surface area contributed by atoms with Gasteiger partial charge in [0.1, 0.15) is 6.04 Å². The molecule has 0 radical (unpaired) electrons. The quantitative estimate of drug-likeness (QED) is 0.497. The Bertz CT molecular complexity index is 619. The molecule has 0 heterocycles. The molecule has 0 aliphatic carbocycles. The van der Waals surface area contributed by atoms with Crippen molar-refractivity contribution in [3.63, 3.8) is 0 Å². The third kappa shape index (κ3) is 5.21. The molecule has 0 spiro atoms. The molecule has 7 heteroatoms. The molecule has 6 nitrogen and oxygen atoms in total. The minimum absolute atomic E-state index is 0.279. The second kappa shape index (κ2) is 8.66. The molecule has 0 unspecified atom stereocenters. The lowest BCUT2D eigenvalue weighted by molar-refractivity contribution is -0.135. The van der Waals surface area contributed by atoms with E-state index in [0.29, 0.717) is 0 Å². The van der Waals surface area contributed by atoms with Crippen LogP contribution >= 0.6 is 0 Å². The topological polar surface area (TPSA) is 89.9 Å². The van der Waals surface area contributed by atoms with Crippen molar-refractivity contribution in [2.24, 2.45) is 0 Å². The van der Waals surface area contributed by atoms with E-state index in [2.05, 4.69) is 11.9 Å². The van der Waals surface area contributed by atoms with Crippen molar-refractivity contribution in [3.8, 4) is 0 Å². The Hall–Kier alpha value is -2.12. The van der Waals surface area contributed by atoms with Crippen LogP contribution in [-0.4, -0.2) is 52.9 Å². The first-order chi connectivity index (χ1) is 11.2. The average Bonchev–Trinajstić information content (AvgIpc) is 2.53. The lowest BCUT2D eigenvalue weighted by atomic mass is 9.75. The molecule has 0 saturated heterocycles. The fraction of sp³-hybridized carbons (Fsp3) is 0.412. The van der Waals surface area contributed by atoms with Crippen molar-refractivity contribution in [2.75, 3.05) is 7.05 Å². The van der Waals surface area contributed by atoms with E-state index in [4.69, 9.17) is 0 Å². The molecule has 1 rings (SSSR count). The minimum Gasteiger partial charge on any atom is -0.426 e. The highest BCUT2D eigenvalue weighted by Gasteiger charge is 2.29. The van der Waals surface area contributed by atoms with Crippen LogP contribution in [0.3, 0.4) is 0 Å². The van der Waals surface area contributed by atoms with Crippen LogP contribution in [0.25, 0.3) is 0 Å². The highest BCUT2D eigenvalue weighted by atomic mass is 16.4. The highest BCUT2D eigenvalue weighted by Crippen LogP contribution is 2.13. The number of rotatable bonds is 7. The van der Waals surface area contributed by atoms with Gasteiger partial charge in [-0.1, -0.05) is 30.3 Å². The maximum absolute atomic E-state index is 12.3. The molecule has 3 N–H and O–H groups in total. The Balaban J connectivity index is 2.84. The van der Waals surface area contributed by atoms with Gasteiger partial charge in [0.15, 0.2) is 0 Å². The van der Waals surface area contributed by atoms with Crippen LogP contribution in [0.5, 0.6) is 0 Å². The van der Waals surface area contributed by atoms with Crippen molar-refractivity contribution in [3.05, 3.63) is 47.5 Å². The van der Waals surface area contributed by atoms with Crippen LogP contribution in [0.1, 0.15) is 23.6 Å². The van der Waals surface area contributed by atoms with Crippen molar-refractivity contribution in [1.82, 2.24) is 10.2 Å². The van der Waals surface area contributed by atoms with E-state index in [1.54, 1.807) is 6.92 Å². The monoisotopic (exact) mass is 332 g/mol. The van der Waals surface area contributed by atoms with Crippen molar-refractivity contribution >= 4 is 18.9 Å². The van der Waals surface area contributed by atoms with Crippen LogP contribution in [0.15, 0.2) is 30.9 Å². The third-order valence-electron chi connectivity index (χ3n) is 4.11. The van der Waals surface area contributed by atoms with Gasteiger partial charge in [0, 0.05) is 7.05 Å². The lowest BCUT2D eigenvalue weighted by Gasteiger charge is -2.26. The molecule has 0 bridgehead atoms. The number of aryl methyl sites for hydroxylation is 2. The Morgan fingerprint density at radius 2 is 2.00 bits per heavy atom. The molecule has 24 heavy (non-hydrogen) atoms. The van der Waals surface area contributed by atoms with E-state index in [0.717, 1.165) is 22.8 Å². The summed E-state index contributed by atoms with van der Waals surface area (Å²) < 4.78 is 0. The summed E-state index contributed by atoms with van der Waals surface area (Å²) in [6.45, 7) is 8.86. The molecule has 0 aromatic heterocycles. The molecule has 0 aliphatic heterocycles. The van der Waals surface area contributed by atoms with Crippen molar-refractivity contribution in [2.45, 2.75) is 39.2 Å². The summed E-state index contributed by atoms with van der Waals surface area (Å²) in [5, 5.41) is 21.8. The number of likely N-dealkylation sites (N-methyl/N-ethyl adjacent to an activating group) is 1. The number of hydrogen-bond donors (Lipinski definition) is 3. The first-order valence-corrected chi connectivity index (χ1v) is 7.79. The molecule has 130 valence electrons. The zero-order chi connectivity index (χ0) is 18.4. The maximum Gasteiger partial charge on any atom is 0.475 e. The number of carbonyl (C=O) groups excluding carboxylic acids is 2. The molecule has 2 atom stereocenters. The zero-order valence-electron chi connectivity index (χ0n) is 14.6.